The van der Waals surface area contributed by atoms with Gasteiger partial charge in [0.1, 0.15) is 11.6 Å². The molecule has 0 radical (unpaired) electrons. The van der Waals surface area contributed by atoms with E-state index < -0.39 is 17.5 Å². The molecule has 1 aromatic heterocycles. The van der Waals surface area contributed by atoms with E-state index in [2.05, 4.69) is 15.6 Å². The van der Waals surface area contributed by atoms with Gasteiger partial charge in [0.25, 0.3) is 5.91 Å². The van der Waals surface area contributed by atoms with E-state index in [1.54, 1.807) is 13.0 Å². The fourth-order valence-electron chi connectivity index (χ4n) is 1.86. The first kappa shape index (κ1) is 14.9. The minimum atomic E-state index is -0.699. The van der Waals surface area contributed by atoms with E-state index in [0.717, 1.165) is 23.9 Å². The number of carbonyl (C=O) groups is 1. The average Bonchev–Trinajstić information content (AvgIpc) is 2.43. The average molecular weight is 291 g/mol. The Balaban J connectivity index is 2.30. The predicted molar refractivity (Wildman–Crippen MR) is 77.4 cm³/mol. The molecule has 110 valence electrons. The highest BCUT2D eigenvalue weighted by Gasteiger charge is 2.14. The second-order valence-electron chi connectivity index (χ2n) is 4.48. The fourth-order valence-corrected chi connectivity index (χ4v) is 1.86. The normalized spacial score (nSPS) is 10.3. The molecule has 0 spiro atoms. The Morgan fingerprint density at radius 2 is 2.00 bits per heavy atom. The molecule has 0 aliphatic rings. The van der Waals surface area contributed by atoms with Gasteiger partial charge < -0.3 is 10.6 Å². The smallest absolute Gasteiger partial charge is 0.259 e. The van der Waals surface area contributed by atoms with Gasteiger partial charge in [0.15, 0.2) is 0 Å². The monoisotopic (exact) mass is 291 g/mol. The van der Waals surface area contributed by atoms with Crippen molar-refractivity contribution in [2.24, 2.45) is 0 Å². The molecule has 0 aliphatic heterocycles. The van der Waals surface area contributed by atoms with E-state index >= 15 is 0 Å². The second kappa shape index (κ2) is 6.30. The molecule has 21 heavy (non-hydrogen) atoms. The van der Waals surface area contributed by atoms with Crippen molar-refractivity contribution in [3.05, 3.63) is 53.4 Å². The van der Waals surface area contributed by atoms with Gasteiger partial charge in [-0.25, -0.2) is 8.78 Å². The predicted octanol–water partition coefficient (Wildman–Crippen LogP) is 3.35. The molecule has 6 heteroatoms. The van der Waals surface area contributed by atoms with Crippen molar-refractivity contribution in [1.29, 1.82) is 0 Å². The minimum absolute atomic E-state index is 0.206. The third-order valence-electron chi connectivity index (χ3n) is 2.83. The summed E-state index contributed by atoms with van der Waals surface area (Å²) in [6.07, 6.45) is 1.40. The molecule has 2 rings (SSSR count). The molecule has 1 amide bonds. The van der Waals surface area contributed by atoms with Gasteiger partial charge in [-0.3, -0.25) is 9.78 Å². The molecular formula is C15H15F2N3O. The summed E-state index contributed by atoms with van der Waals surface area (Å²) in [6.45, 7) is 4.32. The Hall–Kier alpha value is -2.50. The van der Waals surface area contributed by atoms with Crippen LogP contribution in [0.3, 0.4) is 0 Å². The van der Waals surface area contributed by atoms with Crippen LogP contribution in [-0.2, 0) is 0 Å². The first-order valence-electron chi connectivity index (χ1n) is 6.48. The molecule has 2 N–H and O–H groups in total. The van der Waals surface area contributed by atoms with Crippen LogP contribution in [0.1, 0.15) is 23.0 Å². The zero-order chi connectivity index (χ0) is 15.4. The van der Waals surface area contributed by atoms with Crippen LogP contribution in [-0.4, -0.2) is 17.4 Å². The number of halogens is 2. The number of anilines is 2. The molecule has 0 atom stereocenters. The lowest BCUT2D eigenvalue weighted by molar-refractivity contribution is 0.102. The number of pyridine rings is 1. The summed E-state index contributed by atoms with van der Waals surface area (Å²) < 4.78 is 26.7. The summed E-state index contributed by atoms with van der Waals surface area (Å²) in [6, 6.07) is 4.61. The van der Waals surface area contributed by atoms with Crippen molar-refractivity contribution < 1.29 is 13.6 Å². The number of hydrogen-bond donors (Lipinski definition) is 2. The maximum absolute atomic E-state index is 13.5. The summed E-state index contributed by atoms with van der Waals surface area (Å²) in [7, 11) is 0. The standard InChI is InChI=1S/C15H15F2N3O/c1-3-18-13-6-9(2)19-8-11(13)15(21)20-14-7-10(16)4-5-12(14)17/h4-8H,3H2,1-2H3,(H,18,19)(H,20,21). The Morgan fingerprint density at radius 3 is 2.71 bits per heavy atom. The van der Waals surface area contributed by atoms with Gasteiger partial charge in [0.05, 0.1) is 16.9 Å². The number of nitrogens with zero attached hydrogens (tertiary/aromatic N) is 1. The number of benzene rings is 1. The molecule has 0 fully saturated rings. The van der Waals surface area contributed by atoms with Gasteiger partial charge in [0.2, 0.25) is 0 Å². The van der Waals surface area contributed by atoms with Gasteiger partial charge in [-0.2, -0.15) is 0 Å². The summed E-state index contributed by atoms with van der Waals surface area (Å²) in [5.41, 5.74) is 1.41. The number of aryl methyl sites for hydroxylation is 1. The summed E-state index contributed by atoms with van der Waals surface area (Å²) in [4.78, 5) is 16.3. The lowest BCUT2D eigenvalue weighted by atomic mass is 10.2. The van der Waals surface area contributed by atoms with Gasteiger partial charge >= 0.3 is 0 Å². The van der Waals surface area contributed by atoms with Crippen LogP contribution in [0, 0.1) is 18.6 Å². The molecule has 0 unspecified atom stereocenters. The fraction of sp³-hybridized carbons (Fsp3) is 0.200. The van der Waals surface area contributed by atoms with Crippen molar-refractivity contribution >= 4 is 17.3 Å². The second-order valence-corrected chi connectivity index (χ2v) is 4.48. The molecule has 4 nitrogen and oxygen atoms in total. The van der Waals surface area contributed by atoms with Crippen LogP contribution >= 0.6 is 0 Å². The van der Waals surface area contributed by atoms with Gasteiger partial charge in [-0.15, -0.1) is 0 Å². The Labute approximate surface area is 121 Å². The van der Waals surface area contributed by atoms with Gasteiger partial charge in [-0.1, -0.05) is 0 Å². The number of rotatable bonds is 4. The van der Waals surface area contributed by atoms with Crippen molar-refractivity contribution in [3.8, 4) is 0 Å². The summed E-state index contributed by atoms with van der Waals surface area (Å²) in [5.74, 6) is -1.88. The van der Waals surface area contributed by atoms with Crippen LogP contribution in [0.25, 0.3) is 0 Å². The molecular weight excluding hydrogens is 276 g/mol. The van der Waals surface area contributed by atoms with Crippen LogP contribution in [0.4, 0.5) is 20.2 Å². The number of nitrogens with one attached hydrogen (secondary N) is 2. The minimum Gasteiger partial charge on any atom is -0.385 e. The van der Waals surface area contributed by atoms with Crippen LogP contribution in [0.5, 0.6) is 0 Å². The Morgan fingerprint density at radius 1 is 1.24 bits per heavy atom. The molecule has 0 aliphatic carbocycles. The van der Waals surface area contributed by atoms with E-state index in [-0.39, 0.29) is 11.3 Å². The summed E-state index contributed by atoms with van der Waals surface area (Å²) in [5, 5.41) is 5.39. The number of carbonyl (C=O) groups excluding carboxylic acids is 1. The lowest BCUT2D eigenvalue weighted by Gasteiger charge is -2.12. The third kappa shape index (κ3) is 3.53. The zero-order valence-corrected chi connectivity index (χ0v) is 11.7. The number of hydrogen-bond acceptors (Lipinski definition) is 3. The summed E-state index contributed by atoms with van der Waals surface area (Å²) >= 11 is 0. The molecule has 0 saturated heterocycles. The highest BCUT2D eigenvalue weighted by atomic mass is 19.1. The first-order chi connectivity index (χ1) is 10.0. The van der Waals surface area contributed by atoms with Crippen molar-refractivity contribution in [1.82, 2.24) is 4.98 Å². The van der Waals surface area contributed by atoms with Gasteiger partial charge in [-0.05, 0) is 32.0 Å². The quantitative estimate of drug-likeness (QED) is 0.908. The van der Waals surface area contributed by atoms with Crippen molar-refractivity contribution in [2.75, 3.05) is 17.2 Å². The number of amides is 1. The highest BCUT2D eigenvalue weighted by molar-refractivity contribution is 6.07. The number of aromatic nitrogens is 1. The zero-order valence-electron chi connectivity index (χ0n) is 11.7. The largest absolute Gasteiger partial charge is 0.385 e. The highest BCUT2D eigenvalue weighted by Crippen LogP contribution is 2.20. The van der Waals surface area contributed by atoms with Crippen molar-refractivity contribution in [3.63, 3.8) is 0 Å². The molecule has 0 saturated carbocycles. The van der Waals surface area contributed by atoms with E-state index in [1.165, 1.54) is 6.20 Å². The third-order valence-corrected chi connectivity index (χ3v) is 2.83. The maximum atomic E-state index is 13.5. The van der Waals surface area contributed by atoms with Gasteiger partial charge in [0, 0.05) is 24.5 Å². The molecule has 1 heterocycles. The van der Waals surface area contributed by atoms with E-state index in [4.69, 9.17) is 0 Å². The Bertz CT molecular complexity index is 674. The van der Waals surface area contributed by atoms with Crippen LogP contribution in [0.2, 0.25) is 0 Å². The molecule has 2 aromatic rings. The van der Waals surface area contributed by atoms with Crippen LogP contribution < -0.4 is 10.6 Å². The van der Waals surface area contributed by atoms with E-state index in [9.17, 15) is 13.6 Å². The molecule has 0 bridgehead atoms. The topological polar surface area (TPSA) is 54.0 Å². The lowest BCUT2D eigenvalue weighted by Crippen LogP contribution is -2.16. The Kier molecular flexibility index (Phi) is 4.47. The SMILES string of the molecule is CCNc1cc(C)ncc1C(=O)Nc1cc(F)ccc1F. The first-order valence-corrected chi connectivity index (χ1v) is 6.48. The van der Waals surface area contributed by atoms with E-state index in [1.807, 2.05) is 6.92 Å². The van der Waals surface area contributed by atoms with E-state index in [0.29, 0.717) is 12.2 Å². The maximum Gasteiger partial charge on any atom is 0.259 e. The van der Waals surface area contributed by atoms with Crippen molar-refractivity contribution in [2.45, 2.75) is 13.8 Å². The van der Waals surface area contributed by atoms with Crippen LogP contribution in [0.15, 0.2) is 30.5 Å². The molecule has 1 aromatic carbocycles.